The summed E-state index contributed by atoms with van der Waals surface area (Å²) in [5.74, 6) is 0.602. The lowest BCUT2D eigenvalue weighted by atomic mass is 10.1. The van der Waals surface area contributed by atoms with Gasteiger partial charge in [-0.1, -0.05) is 31.7 Å². The van der Waals surface area contributed by atoms with Gasteiger partial charge in [0.1, 0.15) is 0 Å². The van der Waals surface area contributed by atoms with Gasteiger partial charge in [-0.2, -0.15) is 0 Å². The van der Waals surface area contributed by atoms with Crippen LogP contribution in [0.4, 0.5) is 0 Å². The molecule has 1 aromatic heterocycles. The van der Waals surface area contributed by atoms with Crippen molar-refractivity contribution in [3.05, 3.63) is 22.4 Å². The van der Waals surface area contributed by atoms with Crippen LogP contribution in [0.25, 0.3) is 0 Å². The Morgan fingerprint density at radius 2 is 2.12 bits per heavy atom. The van der Waals surface area contributed by atoms with E-state index in [0.29, 0.717) is 18.5 Å². The molecule has 0 spiro atoms. The second kappa shape index (κ2) is 6.64. The maximum atomic E-state index is 5.92. The lowest BCUT2D eigenvalue weighted by Gasteiger charge is -2.16. The first kappa shape index (κ1) is 12.4. The fourth-order valence-corrected chi connectivity index (χ4v) is 2.87. The molecule has 0 atom stereocenters. The minimum atomic E-state index is 0.532. The van der Waals surface area contributed by atoms with E-state index in [9.17, 15) is 0 Å². The van der Waals surface area contributed by atoms with Crippen molar-refractivity contribution >= 4 is 17.3 Å². The molecule has 0 saturated heterocycles. The summed E-state index contributed by atoms with van der Waals surface area (Å²) >= 11 is 1.72. The summed E-state index contributed by atoms with van der Waals surface area (Å²) in [6.07, 6.45) is 7.82. The first-order valence-corrected chi connectivity index (χ1v) is 7.31. The Balaban J connectivity index is 1.78. The highest BCUT2D eigenvalue weighted by Crippen LogP contribution is 2.17. The molecule has 1 saturated carbocycles. The SMILES string of the molecule is NC(=NCc1cccs1)NC1CCCCCC1. The number of aliphatic imine (C=N–C) groups is 1. The summed E-state index contributed by atoms with van der Waals surface area (Å²) in [6.45, 7) is 0.698. The zero-order chi connectivity index (χ0) is 11.9. The second-order valence-corrected chi connectivity index (χ2v) is 5.65. The monoisotopic (exact) mass is 251 g/mol. The van der Waals surface area contributed by atoms with Gasteiger partial charge in [0.05, 0.1) is 6.54 Å². The smallest absolute Gasteiger partial charge is 0.189 e. The van der Waals surface area contributed by atoms with Crippen LogP contribution in [0.1, 0.15) is 43.4 Å². The number of nitrogens with one attached hydrogen (secondary N) is 1. The van der Waals surface area contributed by atoms with Gasteiger partial charge in [-0.25, -0.2) is 4.99 Å². The summed E-state index contributed by atoms with van der Waals surface area (Å²) in [7, 11) is 0. The van der Waals surface area contributed by atoms with Gasteiger partial charge in [-0.3, -0.25) is 0 Å². The zero-order valence-electron chi connectivity index (χ0n) is 10.2. The molecular formula is C13H21N3S. The number of hydrogen-bond donors (Lipinski definition) is 2. The van der Waals surface area contributed by atoms with Crippen molar-refractivity contribution < 1.29 is 0 Å². The number of guanidine groups is 1. The van der Waals surface area contributed by atoms with Crippen molar-refractivity contribution in [2.75, 3.05) is 0 Å². The first-order valence-electron chi connectivity index (χ1n) is 6.43. The molecule has 0 bridgehead atoms. The lowest BCUT2D eigenvalue weighted by molar-refractivity contribution is 0.530. The molecule has 2 rings (SSSR count). The van der Waals surface area contributed by atoms with Gasteiger partial charge in [0, 0.05) is 10.9 Å². The maximum Gasteiger partial charge on any atom is 0.189 e. The normalized spacial score (nSPS) is 18.9. The maximum absolute atomic E-state index is 5.92. The summed E-state index contributed by atoms with van der Waals surface area (Å²) < 4.78 is 0. The van der Waals surface area contributed by atoms with Crippen LogP contribution >= 0.6 is 11.3 Å². The number of thiophene rings is 1. The number of nitrogens with two attached hydrogens (primary N) is 1. The molecule has 0 amide bonds. The Labute approximate surface area is 107 Å². The molecular weight excluding hydrogens is 230 g/mol. The third kappa shape index (κ3) is 4.38. The van der Waals surface area contributed by atoms with E-state index in [0.717, 1.165) is 0 Å². The fraction of sp³-hybridized carbons (Fsp3) is 0.615. The van der Waals surface area contributed by atoms with Crippen molar-refractivity contribution in [1.82, 2.24) is 5.32 Å². The van der Waals surface area contributed by atoms with Crippen LogP contribution in [0.3, 0.4) is 0 Å². The standard InChI is InChI=1S/C13H21N3S/c14-13(15-10-12-8-5-9-17-12)16-11-6-3-1-2-4-7-11/h5,8-9,11H,1-4,6-7,10H2,(H3,14,15,16). The van der Waals surface area contributed by atoms with Crippen molar-refractivity contribution in [3.8, 4) is 0 Å². The van der Waals surface area contributed by atoms with Gasteiger partial charge in [0.2, 0.25) is 0 Å². The van der Waals surface area contributed by atoms with Crippen LogP contribution in [-0.2, 0) is 6.54 Å². The Morgan fingerprint density at radius 1 is 1.35 bits per heavy atom. The Morgan fingerprint density at radius 3 is 2.76 bits per heavy atom. The average Bonchev–Trinajstić information content (AvgIpc) is 2.72. The third-order valence-electron chi connectivity index (χ3n) is 3.19. The fourth-order valence-electron chi connectivity index (χ4n) is 2.24. The molecule has 3 nitrogen and oxygen atoms in total. The van der Waals surface area contributed by atoms with E-state index in [2.05, 4.69) is 21.8 Å². The molecule has 1 heterocycles. The summed E-state index contributed by atoms with van der Waals surface area (Å²) in [6, 6.07) is 4.67. The Hall–Kier alpha value is -1.03. The van der Waals surface area contributed by atoms with Crippen LogP contribution in [-0.4, -0.2) is 12.0 Å². The van der Waals surface area contributed by atoms with E-state index in [1.165, 1.54) is 43.4 Å². The van der Waals surface area contributed by atoms with Crippen molar-refractivity contribution in [3.63, 3.8) is 0 Å². The summed E-state index contributed by atoms with van der Waals surface area (Å²) in [5.41, 5.74) is 5.92. The van der Waals surface area contributed by atoms with Crippen molar-refractivity contribution in [2.24, 2.45) is 10.7 Å². The van der Waals surface area contributed by atoms with E-state index in [1.54, 1.807) is 11.3 Å². The zero-order valence-corrected chi connectivity index (χ0v) is 11.0. The van der Waals surface area contributed by atoms with E-state index in [-0.39, 0.29) is 0 Å². The van der Waals surface area contributed by atoms with Crippen LogP contribution in [0, 0.1) is 0 Å². The van der Waals surface area contributed by atoms with Crippen LogP contribution in [0.15, 0.2) is 22.5 Å². The Bertz CT molecular complexity index is 338. The minimum absolute atomic E-state index is 0.532. The summed E-state index contributed by atoms with van der Waals surface area (Å²) in [4.78, 5) is 5.64. The molecule has 1 aliphatic rings. The predicted molar refractivity (Wildman–Crippen MR) is 74.3 cm³/mol. The molecule has 0 radical (unpaired) electrons. The number of hydrogen-bond acceptors (Lipinski definition) is 2. The van der Waals surface area contributed by atoms with Crippen LogP contribution in [0.2, 0.25) is 0 Å². The van der Waals surface area contributed by atoms with Crippen molar-refractivity contribution in [1.29, 1.82) is 0 Å². The number of nitrogens with zero attached hydrogens (tertiary/aromatic N) is 1. The first-order chi connectivity index (χ1) is 8.34. The molecule has 1 fully saturated rings. The van der Waals surface area contributed by atoms with E-state index < -0.39 is 0 Å². The average molecular weight is 251 g/mol. The molecule has 4 heteroatoms. The molecule has 3 N–H and O–H groups in total. The number of rotatable bonds is 3. The van der Waals surface area contributed by atoms with Gasteiger partial charge in [0.25, 0.3) is 0 Å². The van der Waals surface area contributed by atoms with Gasteiger partial charge >= 0.3 is 0 Å². The predicted octanol–water partition coefficient (Wildman–Crippen LogP) is 2.88. The van der Waals surface area contributed by atoms with Crippen LogP contribution < -0.4 is 11.1 Å². The largest absolute Gasteiger partial charge is 0.370 e. The molecule has 0 aromatic carbocycles. The minimum Gasteiger partial charge on any atom is -0.370 e. The quantitative estimate of drug-likeness (QED) is 0.493. The molecule has 1 aromatic rings. The lowest BCUT2D eigenvalue weighted by Crippen LogP contribution is -2.39. The molecule has 1 aliphatic carbocycles. The summed E-state index contributed by atoms with van der Waals surface area (Å²) in [5, 5.41) is 5.42. The second-order valence-electron chi connectivity index (χ2n) is 4.61. The van der Waals surface area contributed by atoms with E-state index >= 15 is 0 Å². The molecule has 0 aliphatic heterocycles. The van der Waals surface area contributed by atoms with E-state index in [1.807, 2.05) is 6.07 Å². The highest BCUT2D eigenvalue weighted by Gasteiger charge is 2.12. The van der Waals surface area contributed by atoms with Gasteiger partial charge in [-0.15, -0.1) is 11.3 Å². The third-order valence-corrected chi connectivity index (χ3v) is 4.05. The molecule has 0 unspecified atom stereocenters. The van der Waals surface area contributed by atoms with Crippen LogP contribution in [0.5, 0.6) is 0 Å². The highest BCUT2D eigenvalue weighted by atomic mass is 32.1. The topological polar surface area (TPSA) is 50.4 Å². The van der Waals surface area contributed by atoms with Gasteiger partial charge in [-0.05, 0) is 24.3 Å². The molecule has 94 valence electrons. The van der Waals surface area contributed by atoms with E-state index in [4.69, 9.17) is 5.73 Å². The highest BCUT2D eigenvalue weighted by molar-refractivity contribution is 7.09. The van der Waals surface area contributed by atoms with Crippen molar-refractivity contribution in [2.45, 2.75) is 51.1 Å². The Kier molecular flexibility index (Phi) is 4.86. The molecule has 17 heavy (non-hydrogen) atoms. The van der Waals surface area contributed by atoms with Gasteiger partial charge in [0.15, 0.2) is 5.96 Å². The van der Waals surface area contributed by atoms with Gasteiger partial charge < -0.3 is 11.1 Å².